The third-order valence-electron chi connectivity index (χ3n) is 4.00. The molecule has 1 aliphatic rings. The molecule has 0 amide bonds. The molecule has 1 aromatic heterocycles. The van der Waals surface area contributed by atoms with E-state index in [-0.39, 0.29) is 17.3 Å². The van der Waals surface area contributed by atoms with Gasteiger partial charge in [-0.15, -0.1) is 0 Å². The summed E-state index contributed by atoms with van der Waals surface area (Å²) in [5, 5.41) is 12.9. The molecule has 11 nitrogen and oxygen atoms in total. The van der Waals surface area contributed by atoms with E-state index in [1.54, 1.807) is 0 Å². The van der Waals surface area contributed by atoms with Crippen molar-refractivity contribution in [3.8, 4) is 6.07 Å². The molecule has 0 aromatic carbocycles. The topological polar surface area (TPSA) is 156 Å². The number of thioether (sulfide) groups is 1. The van der Waals surface area contributed by atoms with E-state index >= 15 is 0 Å². The molecular weight excluding hydrogens is 438 g/mol. The van der Waals surface area contributed by atoms with Crippen LogP contribution in [0.15, 0.2) is 22.3 Å². The van der Waals surface area contributed by atoms with Crippen LogP contribution < -0.4 is 0 Å². The third kappa shape index (κ3) is 5.98. The number of rotatable bonds is 7. The first-order chi connectivity index (χ1) is 14.3. The summed E-state index contributed by atoms with van der Waals surface area (Å²) in [5.41, 5.74) is 8.34. The fourth-order valence-electron chi connectivity index (χ4n) is 2.80. The molecule has 1 fully saturated rings. The van der Waals surface area contributed by atoms with Gasteiger partial charge in [0, 0.05) is 37.0 Å². The number of carbonyl (C=O) groups excluding carboxylic acids is 2. The van der Waals surface area contributed by atoms with Crippen LogP contribution in [-0.4, -0.2) is 60.4 Å². The van der Waals surface area contributed by atoms with Gasteiger partial charge in [0.15, 0.2) is 5.69 Å². The number of aromatic nitrogens is 1. The van der Waals surface area contributed by atoms with E-state index in [2.05, 4.69) is 15.0 Å². The number of hydrogen-bond acceptors (Lipinski definition) is 10. The van der Waals surface area contributed by atoms with Gasteiger partial charge in [0.05, 0.1) is 5.02 Å². The second kappa shape index (κ2) is 11.0. The SMILES string of the molecule is COC1C(N=[N+]=[N-])[C@@H](OC(C)=O)C(COC(C)=O)O[C@H]1Sc1cnc(C#N)c(Cl)c1. The number of carbonyl (C=O) groups is 2. The van der Waals surface area contributed by atoms with Gasteiger partial charge in [-0.05, 0) is 11.6 Å². The molecule has 0 spiro atoms. The highest BCUT2D eigenvalue weighted by atomic mass is 35.5. The van der Waals surface area contributed by atoms with Crippen molar-refractivity contribution >= 4 is 35.3 Å². The van der Waals surface area contributed by atoms with E-state index in [0.29, 0.717) is 4.90 Å². The van der Waals surface area contributed by atoms with Crippen LogP contribution in [0.4, 0.5) is 0 Å². The Morgan fingerprint density at radius 3 is 2.70 bits per heavy atom. The van der Waals surface area contributed by atoms with Crippen molar-refractivity contribution in [1.82, 2.24) is 4.98 Å². The largest absolute Gasteiger partial charge is 0.463 e. The molecule has 0 radical (unpaired) electrons. The summed E-state index contributed by atoms with van der Waals surface area (Å²) in [5.74, 6) is -1.18. The summed E-state index contributed by atoms with van der Waals surface area (Å²) in [7, 11) is 1.39. The first-order valence-electron chi connectivity index (χ1n) is 8.56. The average Bonchev–Trinajstić information content (AvgIpc) is 2.68. The number of hydrogen-bond donors (Lipinski definition) is 0. The first kappa shape index (κ1) is 23.7. The Bertz CT molecular complexity index is 890. The molecule has 30 heavy (non-hydrogen) atoms. The second-order valence-corrected chi connectivity index (χ2v) is 7.63. The van der Waals surface area contributed by atoms with Crippen molar-refractivity contribution in [2.45, 2.75) is 48.5 Å². The zero-order valence-corrected chi connectivity index (χ0v) is 17.8. The van der Waals surface area contributed by atoms with Crippen molar-refractivity contribution < 1.29 is 28.5 Å². The minimum absolute atomic E-state index is 0.0727. The van der Waals surface area contributed by atoms with Gasteiger partial charge in [-0.2, -0.15) is 5.26 Å². The lowest BCUT2D eigenvalue weighted by molar-refractivity contribution is -0.196. The van der Waals surface area contributed by atoms with Gasteiger partial charge in [0.25, 0.3) is 0 Å². The zero-order chi connectivity index (χ0) is 22.3. The maximum atomic E-state index is 11.6. The van der Waals surface area contributed by atoms with Crippen LogP contribution in [-0.2, 0) is 28.5 Å². The van der Waals surface area contributed by atoms with Crippen LogP contribution in [0.1, 0.15) is 19.5 Å². The lowest BCUT2D eigenvalue weighted by Gasteiger charge is -2.43. The number of methoxy groups -OCH3 is 1. The molecule has 2 heterocycles. The molecule has 5 atom stereocenters. The monoisotopic (exact) mass is 455 g/mol. The van der Waals surface area contributed by atoms with Gasteiger partial charge >= 0.3 is 11.9 Å². The van der Waals surface area contributed by atoms with E-state index in [9.17, 15) is 9.59 Å². The standard InChI is InChI=1S/C17H18ClN5O6S/c1-8(24)27-7-13-15(28-9(2)25)14(22-23-20)16(26-3)17(29-13)30-10-4-11(18)12(5-19)21-6-10/h4,6,13-17H,7H2,1-3H3/t13?,14?,15-,16?,17-/m0/s1. The van der Waals surface area contributed by atoms with Gasteiger partial charge in [-0.25, -0.2) is 4.98 Å². The molecule has 3 unspecified atom stereocenters. The molecular formula is C17H18ClN5O6S. The van der Waals surface area contributed by atoms with E-state index in [1.165, 1.54) is 33.2 Å². The minimum Gasteiger partial charge on any atom is -0.463 e. The zero-order valence-electron chi connectivity index (χ0n) is 16.2. The van der Waals surface area contributed by atoms with Crippen LogP contribution in [0.3, 0.4) is 0 Å². The highest BCUT2D eigenvalue weighted by Crippen LogP contribution is 2.37. The molecule has 0 N–H and O–H groups in total. The summed E-state index contributed by atoms with van der Waals surface area (Å²) in [6.45, 7) is 2.19. The molecule has 1 aromatic rings. The van der Waals surface area contributed by atoms with E-state index in [4.69, 9.17) is 41.3 Å². The lowest BCUT2D eigenvalue weighted by Crippen LogP contribution is -2.59. The number of esters is 2. The lowest BCUT2D eigenvalue weighted by atomic mass is 9.97. The molecule has 13 heteroatoms. The molecule has 1 aliphatic heterocycles. The quantitative estimate of drug-likeness (QED) is 0.261. The highest BCUT2D eigenvalue weighted by molar-refractivity contribution is 7.99. The minimum atomic E-state index is -1.04. The van der Waals surface area contributed by atoms with Crippen LogP contribution in [0.25, 0.3) is 10.4 Å². The van der Waals surface area contributed by atoms with Gasteiger partial charge in [-0.1, -0.05) is 28.5 Å². The molecule has 0 bridgehead atoms. The Labute approximate surface area is 181 Å². The molecule has 1 saturated heterocycles. The van der Waals surface area contributed by atoms with Crippen LogP contribution >= 0.6 is 23.4 Å². The summed E-state index contributed by atoms with van der Waals surface area (Å²) < 4.78 is 21.8. The van der Waals surface area contributed by atoms with Crippen LogP contribution in [0.5, 0.6) is 0 Å². The highest BCUT2D eigenvalue weighted by Gasteiger charge is 2.48. The van der Waals surface area contributed by atoms with Gasteiger partial charge in [0.2, 0.25) is 0 Å². The van der Waals surface area contributed by atoms with E-state index in [0.717, 1.165) is 11.8 Å². The smallest absolute Gasteiger partial charge is 0.303 e. The van der Waals surface area contributed by atoms with Crippen molar-refractivity contribution in [2.75, 3.05) is 13.7 Å². The Morgan fingerprint density at radius 2 is 2.17 bits per heavy atom. The van der Waals surface area contributed by atoms with Gasteiger partial charge in [0.1, 0.15) is 42.5 Å². The first-order valence-corrected chi connectivity index (χ1v) is 9.81. The third-order valence-corrected chi connectivity index (χ3v) is 5.40. The van der Waals surface area contributed by atoms with E-state index < -0.39 is 41.7 Å². The maximum absolute atomic E-state index is 11.6. The predicted octanol–water partition coefficient (Wildman–Crippen LogP) is 2.61. The molecule has 2 rings (SSSR count). The van der Waals surface area contributed by atoms with Crippen LogP contribution in [0, 0.1) is 11.3 Å². The van der Waals surface area contributed by atoms with Gasteiger partial charge < -0.3 is 18.9 Å². The average molecular weight is 456 g/mol. The Hall–Kier alpha value is -2.55. The van der Waals surface area contributed by atoms with E-state index in [1.807, 2.05) is 6.07 Å². The number of ether oxygens (including phenoxy) is 4. The predicted molar refractivity (Wildman–Crippen MR) is 104 cm³/mol. The summed E-state index contributed by atoms with van der Waals surface area (Å²) in [4.78, 5) is 30.2. The number of nitrogens with zero attached hydrogens (tertiary/aromatic N) is 5. The van der Waals surface area contributed by atoms with Crippen molar-refractivity contribution in [3.63, 3.8) is 0 Å². The maximum Gasteiger partial charge on any atom is 0.303 e. The Morgan fingerprint density at radius 1 is 1.43 bits per heavy atom. The number of azide groups is 1. The molecule has 160 valence electrons. The van der Waals surface area contributed by atoms with Crippen molar-refractivity contribution in [2.24, 2.45) is 5.11 Å². The Kier molecular flexibility index (Phi) is 8.71. The Balaban J connectivity index is 2.37. The number of nitriles is 1. The van der Waals surface area contributed by atoms with Gasteiger partial charge in [-0.3, -0.25) is 9.59 Å². The normalized spacial score (nSPS) is 25.5. The molecule has 0 aliphatic carbocycles. The molecule has 0 saturated carbocycles. The van der Waals surface area contributed by atoms with Crippen LogP contribution in [0.2, 0.25) is 5.02 Å². The summed E-state index contributed by atoms with van der Waals surface area (Å²) >= 11 is 7.19. The summed E-state index contributed by atoms with van der Waals surface area (Å²) in [6.07, 6.45) is -1.34. The summed E-state index contributed by atoms with van der Waals surface area (Å²) in [6, 6.07) is 2.44. The fourth-order valence-corrected chi connectivity index (χ4v) is 4.25. The van der Waals surface area contributed by atoms with Crippen molar-refractivity contribution in [1.29, 1.82) is 5.26 Å². The second-order valence-electron chi connectivity index (χ2n) is 6.05. The number of pyridine rings is 1. The van der Waals surface area contributed by atoms with Crippen molar-refractivity contribution in [3.05, 3.63) is 33.4 Å². The number of halogens is 1. The fraction of sp³-hybridized carbons (Fsp3) is 0.529.